The number of amides is 1. The molecule has 12 heteroatoms. The lowest BCUT2D eigenvalue weighted by atomic mass is 9.99. The molecule has 0 aromatic heterocycles. The number of nitrogens with one attached hydrogen (secondary N) is 1. The van der Waals surface area contributed by atoms with Gasteiger partial charge in [0.2, 0.25) is 0 Å². The quantitative estimate of drug-likeness (QED) is 0.585. The third-order valence-corrected chi connectivity index (χ3v) is 5.21. The van der Waals surface area contributed by atoms with E-state index in [4.69, 9.17) is 5.11 Å². The van der Waals surface area contributed by atoms with Crippen LogP contribution in [0.4, 0.5) is 26.3 Å². The summed E-state index contributed by atoms with van der Waals surface area (Å²) >= 11 is 0. The SMILES string of the molecule is O=C(O)c1ccc(C[C@@H]2CNCCN2C(=O)c2cc(C(F)(F)F)cc(C(F)(F)F)c2)cc1O. The molecule has 178 valence electrons. The molecule has 0 bridgehead atoms. The van der Waals surface area contributed by atoms with E-state index in [0.717, 1.165) is 6.07 Å². The van der Waals surface area contributed by atoms with Crippen molar-refractivity contribution in [1.82, 2.24) is 10.2 Å². The third-order valence-electron chi connectivity index (χ3n) is 5.21. The molecule has 0 saturated carbocycles. The van der Waals surface area contributed by atoms with E-state index >= 15 is 0 Å². The van der Waals surface area contributed by atoms with Gasteiger partial charge in [0.1, 0.15) is 11.3 Å². The normalized spacial score (nSPS) is 17.2. The van der Waals surface area contributed by atoms with E-state index < -0.39 is 52.7 Å². The molecule has 1 aliphatic heterocycles. The molecular formula is C21H18F6N2O4. The monoisotopic (exact) mass is 476 g/mol. The van der Waals surface area contributed by atoms with Crippen LogP contribution in [0.5, 0.6) is 5.75 Å². The fourth-order valence-electron chi connectivity index (χ4n) is 3.61. The number of halogens is 6. The molecule has 0 unspecified atom stereocenters. The van der Waals surface area contributed by atoms with E-state index in [1.165, 1.54) is 17.0 Å². The zero-order valence-electron chi connectivity index (χ0n) is 16.8. The van der Waals surface area contributed by atoms with Crippen molar-refractivity contribution in [3.05, 3.63) is 64.2 Å². The van der Waals surface area contributed by atoms with Crippen molar-refractivity contribution < 1.29 is 46.1 Å². The summed E-state index contributed by atoms with van der Waals surface area (Å²) in [4.78, 5) is 25.2. The maximum Gasteiger partial charge on any atom is 0.416 e. The van der Waals surface area contributed by atoms with Gasteiger partial charge in [0, 0.05) is 31.2 Å². The molecular weight excluding hydrogens is 458 g/mol. The van der Waals surface area contributed by atoms with Gasteiger partial charge in [-0.15, -0.1) is 0 Å². The maximum absolute atomic E-state index is 13.2. The van der Waals surface area contributed by atoms with E-state index in [0.29, 0.717) is 17.7 Å². The number of aromatic hydroxyl groups is 1. The van der Waals surface area contributed by atoms with Crippen LogP contribution in [-0.4, -0.2) is 52.7 Å². The Morgan fingerprint density at radius 1 is 1.00 bits per heavy atom. The number of carboxylic acids is 1. The van der Waals surface area contributed by atoms with Crippen molar-refractivity contribution in [2.75, 3.05) is 19.6 Å². The van der Waals surface area contributed by atoms with Crippen molar-refractivity contribution in [3.8, 4) is 5.75 Å². The summed E-state index contributed by atoms with van der Waals surface area (Å²) in [6.07, 6.45) is -10.1. The van der Waals surface area contributed by atoms with E-state index in [-0.39, 0.29) is 37.7 Å². The minimum Gasteiger partial charge on any atom is -0.507 e. The predicted molar refractivity (Wildman–Crippen MR) is 103 cm³/mol. The Hall–Kier alpha value is -3.28. The summed E-state index contributed by atoms with van der Waals surface area (Å²) in [5.41, 5.74) is -3.81. The Morgan fingerprint density at radius 2 is 1.61 bits per heavy atom. The lowest BCUT2D eigenvalue weighted by molar-refractivity contribution is -0.143. The van der Waals surface area contributed by atoms with Crippen LogP contribution < -0.4 is 5.32 Å². The summed E-state index contributed by atoms with van der Waals surface area (Å²) in [5.74, 6) is -2.85. The average molecular weight is 476 g/mol. The Morgan fingerprint density at radius 3 is 2.12 bits per heavy atom. The molecule has 0 spiro atoms. The molecule has 1 amide bonds. The van der Waals surface area contributed by atoms with Crippen LogP contribution in [0.2, 0.25) is 0 Å². The fraction of sp³-hybridized carbons (Fsp3) is 0.333. The highest BCUT2D eigenvalue weighted by atomic mass is 19.4. The average Bonchev–Trinajstić information content (AvgIpc) is 2.72. The number of alkyl halides is 6. The molecule has 1 saturated heterocycles. The first-order valence-corrected chi connectivity index (χ1v) is 9.63. The standard InChI is InChI=1S/C21H18F6N2O4/c22-20(23,24)13-7-12(8-14(9-13)21(25,26)27)18(31)29-4-3-28-10-15(29)5-11-1-2-16(19(32)33)17(30)6-11/h1-2,6-9,15,28,30H,3-5,10H2,(H,32,33)/t15-/m1/s1. The number of carbonyl (C=O) groups excluding carboxylic acids is 1. The summed E-state index contributed by atoms with van der Waals surface area (Å²) < 4.78 is 79.0. The third kappa shape index (κ3) is 5.56. The molecule has 2 aromatic rings. The number of carboxylic acid groups (broad SMARTS) is 1. The minimum absolute atomic E-state index is 0.0281. The van der Waals surface area contributed by atoms with Gasteiger partial charge in [0.25, 0.3) is 5.91 Å². The summed E-state index contributed by atoms with van der Waals surface area (Å²) in [6.45, 7) is 0.495. The zero-order chi connectivity index (χ0) is 24.6. The van der Waals surface area contributed by atoms with Gasteiger partial charge in [-0.2, -0.15) is 26.3 Å². The summed E-state index contributed by atoms with van der Waals surface area (Å²) in [7, 11) is 0. The second-order valence-corrected chi connectivity index (χ2v) is 7.51. The highest BCUT2D eigenvalue weighted by molar-refractivity contribution is 5.95. The number of hydrogen-bond donors (Lipinski definition) is 3. The van der Waals surface area contributed by atoms with Crippen LogP contribution in [0, 0.1) is 0 Å². The molecule has 0 aliphatic carbocycles. The van der Waals surface area contributed by atoms with Crippen LogP contribution in [0.1, 0.15) is 37.4 Å². The molecule has 3 N–H and O–H groups in total. The number of hydrogen-bond acceptors (Lipinski definition) is 4. The Bertz CT molecular complexity index is 1040. The van der Waals surface area contributed by atoms with Gasteiger partial charge in [0.05, 0.1) is 11.1 Å². The molecule has 1 fully saturated rings. The fourth-order valence-corrected chi connectivity index (χ4v) is 3.61. The van der Waals surface area contributed by atoms with Gasteiger partial charge in [-0.1, -0.05) is 6.07 Å². The number of piperazine rings is 1. The lowest BCUT2D eigenvalue weighted by Gasteiger charge is -2.36. The van der Waals surface area contributed by atoms with Crippen LogP contribution in [0.3, 0.4) is 0 Å². The zero-order valence-corrected chi connectivity index (χ0v) is 16.8. The first kappa shape index (κ1) is 24.4. The molecule has 1 atom stereocenters. The maximum atomic E-state index is 13.2. The largest absolute Gasteiger partial charge is 0.507 e. The first-order chi connectivity index (χ1) is 15.3. The van der Waals surface area contributed by atoms with Gasteiger partial charge < -0.3 is 20.4 Å². The van der Waals surface area contributed by atoms with E-state index in [9.17, 15) is 41.0 Å². The van der Waals surface area contributed by atoms with Gasteiger partial charge in [-0.3, -0.25) is 4.79 Å². The highest BCUT2D eigenvalue weighted by Gasteiger charge is 2.38. The molecule has 1 aliphatic rings. The minimum atomic E-state index is -5.08. The van der Waals surface area contributed by atoms with Crippen molar-refractivity contribution >= 4 is 11.9 Å². The van der Waals surface area contributed by atoms with E-state index in [2.05, 4.69) is 5.32 Å². The number of aromatic carboxylic acids is 1. The molecule has 1 heterocycles. The Balaban J connectivity index is 1.93. The van der Waals surface area contributed by atoms with E-state index in [1.54, 1.807) is 0 Å². The topological polar surface area (TPSA) is 89.9 Å². The van der Waals surface area contributed by atoms with Crippen LogP contribution in [0.25, 0.3) is 0 Å². The molecule has 2 aromatic carbocycles. The first-order valence-electron chi connectivity index (χ1n) is 9.63. The highest BCUT2D eigenvalue weighted by Crippen LogP contribution is 2.36. The van der Waals surface area contributed by atoms with Crippen LogP contribution in [-0.2, 0) is 18.8 Å². The number of carbonyl (C=O) groups is 2. The Labute approximate surface area is 183 Å². The van der Waals surface area contributed by atoms with Gasteiger partial charge >= 0.3 is 18.3 Å². The molecule has 33 heavy (non-hydrogen) atoms. The van der Waals surface area contributed by atoms with Crippen LogP contribution in [0.15, 0.2) is 36.4 Å². The Kier molecular flexibility index (Phi) is 6.59. The lowest BCUT2D eigenvalue weighted by Crippen LogP contribution is -2.54. The predicted octanol–water partition coefficient (Wildman–Crippen LogP) is 3.78. The smallest absolute Gasteiger partial charge is 0.416 e. The summed E-state index contributed by atoms with van der Waals surface area (Å²) in [5, 5.41) is 21.9. The number of rotatable bonds is 4. The molecule has 3 rings (SSSR count). The number of nitrogens with zero attached hydrogens (tertiary/aromatic N) is 1. The second-order valence-electron chi connectivity index (χ2n) is 7.51. The molecule has 6 nitrogen and oxygen atoms in total. The molecule has 0 radical (unpaired) electrons. The van der Waals surface area contributed by atoms with Crippen molar-refractivity contribution in [3.63, 3.8) is 0 Å². The number of phenols is 1. The van der Waals surface area contributed by atoms with Crippen LogP contribution >= 0.6 is 0 Å². The summed E-state index contributed by atoms with van der Waals surface area (Å²) in [6, 6.07) is 3.84. The van der Waals surface area contributed by atoms with E-state index in [1.807, 2.05) is 0 Å². The van der Waals surface area contributed by atoms with Gasteiger partial charge in [-0.25, -0.2) is 4.79 Å². The van der Waals surface area contributed by atoms with Crippen molar-refractivity contribution in [1.29, 1.82) is 0 Å². The number of benzene rings is 2. The van der Waals surface area contributed by atoms with Crippen molar-refractivity contribution in [2.45, 2.75) is 24.8 Å². The van der Waals surface area contributed by atoms with Crippen molar-refractivity contribution in [2.24, 2.45) is 0 Å². The van der Waals surface area contributed by atoms with Gasteiger partial charge in [0.15, 0.2) is 0 Å². The van der Waals surface area contributed by atoms with Gasteiger partial charge in [-0.05, 0) is 42.3 Å². The second kappa shape index (κ2) is 8.93.